The van der Waals surface area contributed by atoms with Gasteiger partial charge < -0.3 is 15.4 Å². The zero-order valence-corrected chi connectivity index (χ0v) is 16.8. The molecule has 0 saturated heterocycles. The Kier molecular flexibility index (Phi) is 7.11. The first-order chi connectivity index (χ1) is 14.0. The lowest BCUT2D eigenvalue weighted by atomic mass is 10.1. The fraction of sp³-hybridized carbons (Fsp3) is 0.0909. The van der Waals surface area contributed by atoms with Crippen molar-refractivity contribution in [2.24, 2.45) is 0 Å². The Morgan fingerprint density at radius 2 is 1.48 bits per heavy atom. The smallest absolute Gasteiger partial charge is 0.262 e. The fourth-order valence-corrected chi connectivity index (χ4v) is 2.89. The lowest BCUT2D eigenvalue weighted by molar-refractivity contribution is -0.118. The maximum atomic E-state index is 12.3. The number of anilines is 2. The Balaban J connectivity index is 1.52. The third kappa shape index (κ3) is 6.52. The van der Waals surface area contributed by atoms with Crippen LogP contribution in [0.5, 0.6) is 5.75 Å². The molecule has 3 rings (SSSR count). The summed E-state index contributed by atoms with van der Waals surface area (Å²) in [6.07, 6.45) is 0.154. The van der Waals surface area contributed by atoms with Crippen molar-refractivity contribution in [2.75, 3.05) is 17.2 Å². The van der Waals surface area contributed by atoms with Gasteiger partial charge in [0.15, 0.2) is 6.61 Å². The van der Waals surface area contributed by atoms with Crippen LogP contribution in [-0.4, -0.2) is 18.4 Å². The molecule has 5 nitrogen and oxygen atoms in total. The van der Waals surface area contributed by atoms with Crippen LogP contribution in [0.15, 0.2) is 72.8 Å². The number of hydrogen-bond acceptors (Lipinski definition) is 3. The van der Waals surface area contributed by atoms with Crippen LogP contribution >= 0.6 is 23.2 Å². The van der Waals surface area contributed by atoms with Gasteiger partial charge in [-0.3, -0.25) is 9.59 Å². The van der Waals surface area contributed by atoms with Crippen LogP contribution in [0.2, 0.25) is 10.0 Å². The Bertz CT molecular complexity index is 1010. The van der Waals surface area contributed by atoms with E-state index in [9.17, 15) is 9.59 Å². The van der Waals surface area contributed by atoms with E-state index in [0.717, 1.165) is 5.56 Å². The van der Waals surface area contributed by atoms with Crippen LogP contribution in [0.1, 0.15) is 5.56 Å². The largest absolute Gasteiger partial charge is 0.484 e. The van der Waals surface area contributed by atoms with Crippen LogP contribution in [0.4, 0.5) is 11.4 Å². The summed E-state index contributed by atoms with van der Waals surface area (Å²) < 4.78 is 5.51. The zero-order valence-electron chi connectivity index (χ0n) is 15.3. The number of para-hydroxylation sites is 1. The maximum Gasteiger partial charge on any atom is 0.262 e. The second kappa shape index (κ2) is 9.96. The number of rotatable bonds is 7. The van der Waals surface area contributed by atoms with Crippen molar-refractivity contribution < 1.29 is 14.3 Å². The zero-order chi connectivity index (χ0) is 20.6. The number of carbonyl (C=O) groups excluding carboxylic acids is 2. The van der Waals surface area contributed by atoms with Gasteiger partial charge in [0.2, 0.25) is 5.91 Å². The lowest BCUT2D eigenvalue weighted by Crippen LogP contribution is -2.20. The first-order valence-electron chi connectivity index (χ1n) is 8.81. The molecule has 0 aliphatic rings. The van der Waals surface area contributed by atoms with Gasteiger partial charge in [0, 0.05) is 17.4 Å². The van der Waals surface area contributed by atoms with Crippen LogP contribution in [0, 0.1) is 0 Å². The first-order valence-corrected chi connectivity index (χ1v) is 9.57. The molecule has 2 amide bonds. The molecule has 0 atom stereocenters. The minimum absolute atomic E-state index is 0.143. The number of nitrogens with one attached hydrogen (secondary N) is 2. The van der Waals surface area contributed by atoms with Crippen LogP contribution in [0.25, 0.3) is 0 Å². The fourth-order valence-electron chi connectivity index (χ4n) is 2.57. The summed E-state index contributed by atoms with van der Waals surface area (Å²) in [5.74, 6) is -0.00633. The van der Waals surface area contributed by atoms with E-state index in [4.69, 9.17) is 27.9 Å². The summed E-state index contributed by atoms with van der Waals surface area (Å²) in [4.78, 5) is 24.2. The van der Waals surface area contributed by atoms with E-state index in [1.807, 2.05) is 18.2 Å². The van der Waals surface area contributed by atoms with Crippen molar-refractivity contribution in [1.82, 2.24) is 0 Å². The Labute approximate surface area is 178 Å². The molecule has 0 fully saturated rings. The summed E-state index contributed by atoms with van der Waals surface area (Å²) >= 11 is 11.9. The molecule has 29 heavy (non-hydrogen) atoms. The van der Waals surface area contributed by atoms with E-state index >= 15 is 0 Å². The van der Waals surface area contributed by atoms with Gasteiger partial charge in [-0.25, -0.2) is 0 Å². The van der Waals surface area contributed by atoms with Crippen LogP contribution < -0.4 is 15.4 Å². The van der Waals surface area contributed by atoms with E-state index < -0.39 is 0 Å². The van der Waals surface area contributed by atoms with E-state index in [-0.39, 0.29) is 24.8 Å². The van der Waals surface area contributed by atoms with Crippen molar-refractivity contribution in [2.45, 2.75) is 6.42 Å². The Morgan fingerprint density at radius 1 is 0.759 bits per heavy atom. The molecule has 3 aromatic carbocycles. The summed E-state index contributed by atoms with van der Waals surface area (Å²) in [7, 11) is 0. The maximum absolute atomic E-state index is 12.3. The minimum atomic E-state index is -0.273. The monoisotopic (exact) mass is 428 g/mol. The van der Waals surface area contributed by atoms with E-state index in [1.54, 1.807) is 54.6 Å². The molecule has 0 bridgehead atoms. The predicted octanol–water partition coefficient (Wildman–Crippen LogP) is 5.19. The second-order valence-corrected chi connectivity index (χ2v) is 7.02. The van der Waals surface area contributed by atoms with E-state index in [2.05, 4.69) is 10.6 Å². The van der Waals surface area contributed by atoms with Crippen LogP contribution in [-0.2, 0) is 16.0 Å². The van der Waals surface area contributed by atoms with Crippen molar-refractivity contribution in [3.05, 3.63) is 88.4 Å². The van der Waals surface area contributed by atoms with Gasteiger partial charge in [-0.05, 0) is 42.0 Å². The normalized spacial score (nSPS) is 10.3. The van der Waals surface area contributed by atoms with Crippen molar-refractivity contribution >= 4 is 46.4 Å². The molecule has 7 heteroatoms. The van der Waals surface area contributed by atoms with Crippen LogP contribution in [0.3, 0.4) is 0 Å². The summed E-state index contributed by atoms with van der Waals surface area (Å²) in [6.45, 7) is -0.143. The summed E-state index contributed by atoms with van der Waals surface area (Å²) in [6, 6.07) is 21.0. The quantitative estimate of drug-likeness (QED) is 0.543. The van der Waals surface area contributed by atoms with E-state index in [1.165, 1.54) is 0 Å². The number of carbonyl (C=O) groups is 2. The molecule has 2 N–H and O–H groups in total. The number of benzene rings is 3. The minimum Gasteiger partial charge on any atom is -0.484 e. The third-order valence-corrected chi connectivity index (χ3v) is 4.63. The average Bonchev–Trinajstić information content (AvgIpc) is 2.70. The molecule has 0 spiro atoms. The SMILES string of the molecule is O=C(COc1cccc(NC(=O)Cc2ccc(Cl)c(Cl)c2)c1)Nc1ccccc1. The van der Waals surface area contributed by atoms with Crippen molar-refractivity contribution in [3.63, 3.8) is 0 Å². The van der Waals surface area contributed by atoms with Gasteiger partial charge in [-0.2, -0.15) is 0 Å². The lowest BCUT2D eigenvalue weighted by Gasteiger charge is -2.10. The van der Waals surface area contributed by atoms with Gasteiger partial charge in [0.25, 0.3) is 5.91 Å². The molecule has 0 aliphatic carbocycles. The van der Waals surface area contributed by atoms with E-state index in [0.29, 0.717) is 27.2 Å². The molecule has 0 radical (unpaired) electrons. The molecule has 0 unspecified atom stereocenters. The third-order valence-electron chi connectivity index (χ3n) is 3.89. The molecule has 0 aliphatic heterocycles. The summed E-state index contributed by atoms with van der Waals surface area (Å²) in [5, 5.41) is 6.38. The number of hydrogen-bond donors (Lipinski definition) is 2. The predicted molar refractivity (Wildman–Crippen MR) is 116 cm³/mol. The average molecular weight is 429 g/mol. The van der Waals surface area contributed by atoms with Crippen molar-refractivity contribution in [1.29, 1.82) is 0 Å². The molecule has 3 aromatic rings. The molecular formula is C22H18Cl2N2O3. The number of ether oxygens (including phenoxy) is 1. The molecule has 0 aromatic heterocycles. The van der Waals surface area contributed by atoms with Gasteiger partial charge in [-0.1, -0.05) is 53.5 Å². The van der Waals surface area contributed by atoms with Crippen molar-refractivity contribution in [3.8, 4) is 5.75 Å². The van der Waals surface area contributed by atoms with Gasteiger partial charge >= 0.3 is 0 Å². The van der Waals surface area contributed by atoms with Gasteiger partial charge in [0.05, 0.1) is 16.5 Å². The highest BCUT2D eigenvalue weighted by molar-refractivity contribution is 6.42. The highest BCUT2D eigenvalue weighted by Gasteiger charge is 2.08. The second-order valence-electron chi connectivity index (χ2n) is 6.20. The van der Waals surface area contributed by atoms with Gasteiger partial charge in [-0.15, -0.1) is 0 Å². The molecular weight excluding hydrogens is 411 g/mol. The summed E-state index contributed by atoms with van der Waals surface area (Å²) in [5.41, 5.74) is 2.02. The molecule has 0 heterocycles. The number of halogens is 2. The number of amides is 2. The Morgan fingerprint density at radius 3 is 2.24 bits per heavy atom. The Hall–Kier alpha value is -3.02. The van der Waals surface area contributed by atoms with Gasteiger partial charge in [0.1, 0.15) is 5.75 Å². The highest BCUT2D eigenvalue weighted by Crippen LogP contribution is 2.23. The topological polar surface area (TPSA) is 67.4 Å². The highest BCUT2D eigenvalue weighted by atomic mass is 35.5. The molecule has 148 valence electrons. The standard InChI is InChI=1S/C22H18Cl2N2O3/c23-19-10-9-15(11-20(19)24)12-21(27)26-17-7-4-8-18(13-17)29-14-22(28)25-16-5-2-1-3-6-16/h1-11,13H,12,14H2,(H,25,28)(H,26,27). The first kappa shape index (κ1) is 20.7. The molecule has 0 saturated carbocycles.